The van der Waals surface area contributed by atoms with E-state index in [1.165, 1.54) is 24.1 Å². The molecule has 1 fully saturated rings. The first-order chi connectivity index (χ1) is 7.92. The molecule has 0 spiro atoms. The quantitative estimate of drug-likeness (QED) is 0.852. The molecule has 2 rings (SSSR count). The zero-order valence-corrected chi connectivity index (χ0v) is 10.8. The monoisotopic (exact) mass is 239 g/mol. The van der Waals surface area contributed by atoms with Gasteiger partial charge in [-0.3, -0.25) is 0 Å². The van der Waals surface area contributed by atoms with Gasteiger partial charge in [0.25, 0.3) is 0 Å². The van der Waals surface area contributed by atoms with Gasteiger partial charge in [-0.1, -0.05) is 13.0 Å². The molecule has 0 radical (unpaired) electrons. The fourth-order valence-electron chi connectivity index (χ4n) is 2.30. The van der Waals surface area contributed by atoms with E-state index in [2.05, 4.69) is 29.8 Å². The summed E-state index contributed by atoms with van der Waals surface area (Å²) in [5.74, 6) is 0.652. The summed E-state index contributed by atoms with van der Waals surface area (Å²) in [6.07, 6.45) is 3.69. The van der Waals surface area contributed by atoms with Crippen molar-refractivity contribution in [2.45, 2.75) is 32.2 Å². The van der Waals surface area contributed by atoms with E-state index in [0.717, 1.165) is 19.8 Å². The largest absolute Gasteiger partial charge is 0.381 e. The Morgan fingerprint density at radius 3 is 3.19 bits per heavy atom. The molecule has 2 nitrogen and oxygen atoms in total. The van der Waals surface area contributed by atoms with Crippen LogP contribution in [0.1, 0.15) is 37.1 Å². The second kappa shape index (κ2) is 6.38. The van der Waals surface area contributed by atoms with Gasteiger partial charge < -0.3 is 10.1 Å². The van der Waals surface area contributed by atoms with Crippen molar-refractivity contribution in [3.8, 4) is 0 Å². The molecule has 90 valence electrons. The van der Waals surface area contributed by atoms with Crippen molar-refractivity contribution in [3.05, 3.63) is 22.4 Å². The standard InChI is InChI=1S/C13H21NOS/c1-2-7-14-13(12-6-4-9-16-12)11-5-3-8-15-10-11/h4,6,9,11,13-14H,2-3,5,7-8,10H2,1H3. The number of rotatable bonds is 5. The number of hydrogen-bond acceptors (Lipinski definition) is 3. The summed E-state index contributed by atoms with van der Waals surface area (Å²) in [6.45, 7) is 5.18. The minimum atomic E-state index is 0.500. The van der Waals surface area contributed by atoms with Crippen LogP contribution in [0.2, 0.25) is 0 Å². The molecule has 1 aromatic heterocycles. The molecule has 1 N–H and O–H groups in total. The van der Waals surface area contributed by atoms with Gasteiger partial charge in [-0.05, 0) is 37.3 Å². The van der Waals surface area contributed by atoms with Crippen LogP contribution in [0, 0.1) is 5.92 Å². The van der Waals surface area contributed by atoms with E-state index in [9.17, 15) is 0 Å². The maximum Gasteiger partial charge on any atom is 0.0512 e. The van der Waals surface area contributed by atoms with Crippen LogP contribution in [0.5, 0.6) is 0 Å². The zero-order valence-electron chi connectivity index (χ0n) is 9.95. The Bertz CT molecular complexity index is 280. The summed E-state index contributed by atoms with van der Waals surface area (Å²) in [5.41, 5.74) is 0. The van der Waals surface area contributed by atoms with Gasteiger partial charge in [-0.15, -0.1) is 11.3 Å². The van der Waals surface area contributed by atoms with Crippen molar-refractivity contribution < 1.29 is 4.74 Å². The van der Waals surface area contributed by atoms with Crippen molar-refractivity contribution in [3.63, 3.8) is 0 Å². The first-order valence-electron chi connectivity index (χ1n) is 6.26. The fraction of sp³-hybridized carbons (Fsp3) is 0.692. The van der Waals surface area contributed by atoms with Crippen LogP contribution in [-0.4, -0.2) is 19.8 Å². The topological polar surface area (TPSA) is 21.3 Å². The normalized spacial score (nSPS) is 23.2. The number of nitrogens with one attached hydrogen (secondary N) is 1. The van der Waals surface area contributed by atoms with Gasteiger partial charge in [-0.25, -0.2) is 0 Å². The van der Waals surface area contributed by atoms with Crippen LogP contribution < -0.4 is 5.32 Å². The maximum atomic E-state index is 5.61. The SMILES string of the molecule is CCCNC(c1cccs1)C1CCCOC1. The molecule has 0 saturated carbocycles. The molecule has 2 unspecified atom stereocenters. The molecule has 0 amide bonds. The summed E-state index contributed by atoms with van der Waals surface area (Å²) >= 11 is 1.86. The second-order valence-corrected chi connectivity index (χ2v) is 5.40. The summed E-state index contributed by atoms with van der Waals surface area (Å²) in [7, 11) is 0. The molecule has 2 atom stereocenters. The Morgan fingerprint density at radius 1 is 1.62 bits per heavy atom. The van der Waals surface area contributed by atoms with Gasteiger partial charge in [0.05, 0.1) is 6.61 Å². The molecule has 1 saturated heterocycles. The van der Waals surface area contributed by atoms with E-state index < -0.39 is 0 Å². The molecular weight excluding hydrogens is 218 g/mol. The second-order valence-electron chi connectivity index (χ2n) is 4.42. The highest BCUT2D eigenvalue weighted by atomic mass is 32.1. The van der Waals surface area contributed by atoms with Gasteiger partial charge in [0.1, 0.15) is 0 Å². The lowest BCUT2D eigenvalue weighted by Gasteiger charge is -2.30. The molecule has 16 heavy (non-hydrogen) atoms. The highest BCUT2D eigenvalue weighted by Crippen LogP contribution is 2.31. The smallest absolute Gasteiger partial charge is 0.0512 e. The first kappa shape index (κ1) is 12.1. The average Bonchev–Trinajstić information content (AvgIpc) is 2.85. The minimum Gasteiger partial charge on any atom is -0.381 e. The molecule has 3 heteroatoms. The van der Waals surface area contributed by atoms with Crippen LogP contribution in [0.4, 0.5) is 0 Å². The summed E-state index contributed by atoms with van der Waals surface area (Å²) in [6, 6.07) is 4.89. The third-order valence-corrected chi connectivity index (χ3v) is 4.09. The van der Waals surface area contributed by atoms with Gasteiger partial charge >= 0.3 is 0 Å². The molecule has 0 aliphatic carbocycles. The van der Waals surface area contributed by atoms with Gasteiger partial charge in [0.15, 0.2) is 0 Å². The van der Waals surface area contributed by atoms with Crippen LogP contribution >= 0.6 is 11.3 Å². The third kappa shape index (κ3) is 3.06. The Hall–Kier alpha value is -0.380. The van der Waals surface area contributed by atoms with E-state index in [0.29, 0.717) is 12.0 Å². The van der Waals surface area contributed by atoms with Crippen molar-refractivity contribution in [1.82, 2.24) is 5.32 Å². The van der Waals surface area contributed by atoms with E-state index >= 15 is 0 Å². The summed E-state index contributed by atoms with van der Waals surface area (Å²) in [4.78, 5) is 1.46. The molecule has 1 aliphatic heterocycles. The highest BCUT2D eigenvalue weighted by molar-refractivity contribution is 7.10. The molecular formula is C13H21NOS. The van der Waals surface area contributed by atoms with Crippen LogP contribution in [0.15, 0.2) is 17.5 Å². The van der Waals surface area contributed by atoms with Crippen LogP contribution in [0.3, 0.4) is 0 Å². The lowest BCUT2D eigenvalue weighted by atomic mass is 9.92. The molecule has 0 aromatic carbocycles. The summed E-state index contributed by atoms with van der Waals surface area (Å²) < 4.78 is 5.61. The number of thiophene rings is 1. The van der Waals surface area contributed by atoms with Gasteiger partial charge in [0, 0.05) is 23.4 Å². The van der Waals surface area contributed by atoms with E-state index in [-0.39, 0.29) is 0 Å². The molecule has 0 bridgehead atoms. The van der Waals surface area contributed by atoms with Crippen LogP contribution in [0.25, 0.3) is 0 Å². The van der Waals surface area contributed by atoms with E-state index in [4.69, 9.17) is 4.74 Å². The zero-order chi connectivity index (χ0) is 11.2. The van der Waals surface area contributed by atoms with Crippen LogP contribution in [-0.2, 0) is 4.74 Å². The number of hydrogen-bond donors (Lipinski definition) is 1. The lowest BCUT2D eigenvalue weighted by molar-refractivity contribution is 0.0396. The number of ether oxygens (including phenoxy) is 1. The van der Waals surface area contributed by atoms with E-state index in [1.54, 1.807) is 0 Å². The van der Waals surface area contributed by atoms with Gasteiger partial charge in [0.2, 0.25) is 0 Å². The predicted octanol–water partition coefficient (Wildman–Crippen LogP) is 3.22. The summed E-state index contributed by atoms with van der Waals surface area (Å²) in [5, 5.41) is 5.84. The fourth-order valence-corrected chi connectivity index (χ4v) is 3.19. The highest BCUT2D eigenvalue weighted by Gasteiger charge is 2.25. The predicted molar refractivity (Wildman–Crippen MR) is 68.9 cm³/mol. The minimum absolute atomic E-state index is 0.500. The molecule has 1 aliphatic rings. The first-order valence-corrected chi connectivity index (χ1v) is 7.14. The van der Waals surface area contributed by atoms with Gasteiger partial charge in [-0.2, -0.15) is 0 Å². The lowest BCUT2D eigenvalue weighted by Crippen LogP contribution is -2.33. The molecule has 1 aromatic rings. The Labute approximate surface area is 102 Å². The maximum absolute atomic E-state index is 5.61. The van der Waals surface area contributed by atoms with Crippen molar-refractivity contribution in [2.24, 2.45) is 5.92 Å². The average molecular weight is 239 g/mol. The Balaban J connectivity index is 2.01. The molecule has 2 heterocycles. The van der Waals surface area contributed by atoms with E-state index in [1.807, 2.05) is 11.3 Å². The van der Waals surface area contributed by atoms with Crippen molar-refractivity contribution in [2.75, 3.05) is 19.8 Å². The Kier molecular flexibility index (Phi) is 4.82. The van der Waals surface area contributed by atoms with Crippen molar-refractivity contribution >= 4 is 11.3 Å². The van der Waals surface area contributed by atoms with Crippen molar-refractivity contribution in [1.29, 1.82) is 0 Å². The Morgan fingerprint density at radius 2 is 2.56 bits per heavy atom. The third-order valence-electron chi connectivity index (χ3n) is 3.13.